The molecule has 9 nitrogen and oxygen atoms in total. The Bertz CT molecular complexity index is 941. The number of likely N-dealkylation sites (tertiary alicyclic amines) is 1. The number of methoxy groups -OCH3 is 1. The third-order valence-corrected chi connectivity index (χ3v) is 5.22. The summed E-state index contributed by atoms with van der Waals surface area (Å²) >= 11 is 0. The summed E-state index contributed by atoms with van der Waals surface area (Å²) in [6.45, 7) is 2.38. The zero-order valence-electron chi connectivity index (χ0n) is 17.4. The van der Waals surface area contributed by atoms with E-state index in [1.165, 1.54) is 29.8 Å². The molecule has 3 rings (SSSR count). The molecule has 0 aromatic heterocycles. The molecule has 0 saturated carbocycles. The van der Waals surface area contributed by atoms with Crippen LogP contribution >= 0.6 is 0 Å². The molecule has 1 aliphatic heterocycles. The first kappa shape index (κ1) is 22.2. The second kappa shape index (κ2) is 10.5. The molecule has 9 heteroatoms. The second-order valence-corrected chi connectivity index (χ2v) is 7.46. The van der Waals surface area contributed by atoms with Crippen LogP contribution in [0.25, 0.3) is 0 Å². The first-order valence-electron chi connectivity index (χ1n) is 10.1. The van der Waals surface area contributed by atoms with Gasteiger partial charge in [-0.25, -0.2) is 0 Å². The van der Waals surface area contributed by atoms with Crippen LogP contribution in [0.1, 0.15) is 28.8 Å². The molecule has 2 amide bonds. The van der Waals surface area contributed by atoms with Gasteiger partial charge in [-0.3, -0.25) is 24.6 Å². The lowest BCUT2D eigenvalue weighted by atomic mass is 10.0. The van der Waals surface area contributed by atoms with Crippen molar-refractivity contribution in [1.29, 1.82) is 0 Å². The molecule has 31 heavy (non-hydrogen) atoms. The summed E-state index contributed by atoms with van der Waals surface area (Å²) in [4.78, 5) is 36.9. The van der Waals surface area contributed by atoms with E-state index in [1.807, 2.05) is 18.2 Å². The first-order chi connectivity index (χ1) is 14.9. The normalized spacial score (nSPS) is 14.6. The highest BCUT2D eigenvalue weighted by atomic mass is 16.6. The number of nitrogens with zero attached hydrogens (tertiary/aromatic N) is 2. The number of carbonyl (C=O) groups excluding carboxylic acids is 2. The monoisotopic (exact) mass is 426 g/mol. The molecular formula is C22H26N4O5. The molecule has 2 N–H and O–H groups in total. The SMILES string of the molecule is COc1cccc(CN2CCC(NC(=O)CNC(=O)c3cccc([N+](=O)[O-])c3)CC2)c1. The van der Waals surface area contributed by atoms with Gasteiger partial charge >= 0.3 is 0 Å². The molecule has 2 aromatic rings. The van der Waals surface area contributed by atoms with Crippen LogP contribution in [0.2, 0.25) is 0 Å². The van der Waals surface area contributed by atoms with Crippen LogP contribution in [0.4, 0.5) is 5.69 Å². The Morgan fingerprint density at radius 3 is 2.61 bits per heavy atom. The maximum Gasteiger partial charge on any atom is 0.270 e. The van der Waals surface area contributed by atoms with Crippen LogP contribution in [-0.2, 0) is 11.3 Å². The van der Waals surface area contributed by atoms with E-state index >= 15 is 0 Å². The number of carbonyl (C=O) groups is 2. The second-order valence-electron chi connectivity index (χ2n) is 7.46. The van der Waals surface area contributed by atoms with E-state index in [9.17, 15) is 19.7 Å². The van der Waals surface area contributed by atoms with Gasteiger partial charge in [-0.05, 0) is 36.6 Å². The summed E-state index contributed by atoms with van der Waals surface area (Å²) in [6, 6.07) is 13.5. The Hall–Kier alpha value is -3.46. The van der Waals surface area contributed by atoms with Crippen molar-refractivity contribution in [3.8, 4) is 5.75 Å². The maximum atomic E-state index is 12.2. The summed E-state index contributed by atoms with van der Waals surface area (Å²) in [6.07, 6.45) is 1.66. The zero-order chi connectivity index (χ0) is 22.2. The average molecular weight is 426 g/mol. The molecule has 1 fully saturated rings. The van der Waals surface area contributed by atoms with E-state index in [4.69, 9.17) is 4.74 Å². The molecule has 0 atom stereocenters. The number of nitro benzene ring substituents is 1. The van der Waals surface area contributed by atoms with Crippen molar-refractivity contribution in [2.45, 2.75) is 25.4 Å². The Kier molecular flexibility index (Phi) is 7.55. The minimum Gasteiger partial charge on any atom is -0.497 e. The fourth-order valence-electron chi connectivity index (χ4n) is 3.57. The number of benzene rings is 2. The predicted molar refractivity (Wildman–Crippen MR) is 115 cm³/mol. The molecule has 0 unspecified atom stereocenters. The van der Waals surface area contributed by atoms with Gasteiger partial charge < -0.3 is 15.4 Å². The van der Waals surface area contributed by atoms with Crippen LogP contribution < -0.4 is 15.4 Å². The fraction of sp³-hybridized carbons (Fsp3) is 0.364. The summed E-state index contributed by atoms with van der Waals surface area (Å²) in [5.74, 6) is 0.0452. The van der Waals surface area contributed by atoms with Gasteiger partial charge in [-0.15, -0.1) is 0 Å². The van der Waals surface area contributed by atoms with Gasteiger partial charge in [0.25, 0.3) is 11.6 Å². The van der Waals surface area contributed by atoms with Crippen LogP contribution in [0.15, 0.2) is 48.5 Å². The number of rotatable bonds is 8. The van der Waals surface area contributed by atoms with E-state index < -0.39 is 10.8 Å². The van der Waals surface area contributed by atoms with Gasteiger partial charge in [0.15, 0.2) is 0 Å². The average Bonchev–Trinajstić information content (AvgIpc) is 2.79. The van der Waals surface area contributed by atoms with E-state index in [1.54, 1.807) is 7.11 Å². The lowest BCUT2D eigenvalue weighted by Crippen LogP contribution is -2.47. The zero-order valence-corrected chi connectivity index (χ0v) is 17.4. The first-order valence-corrected chi connectivity index (χ1v) is 10.1. The number of hydrogen-bond acceptors (Lipinski definition) is 6. The number of ether oxygens (including phenoxy) is 1. The smallest absolute Gasteiger partial charge is 0.270 e. The molecule has 1 aliphatic rings. The molecule has 164 valence electrons. The van der Waals surface area contributed by atoms with Crippen LogP contribution in [0.5, 0.6) is 5.75 Å². The molecule has 1 saturated heterocycles. The van der Waals surface area contributed by atoms with Crippen molar-refractivity contribution in [3.63, 3.8) is 0 Å². The number of hydrogen-bond donors (Lipinski definition) is 2. The highest BCUT2D eigenvalue weighted by molar-refractivity contribution is 5.96. The van der Waals surface area contributed by atoms with Gasteiger partial charge in [0.05, 0.1) is 18.6 Å². The Morgan fingerprint density at radius 1 is 1.16 bits per heavy atom. The van der Waals surface area contributed by atoms with Crippen LogP contribution in [0.3, 0.4) is 0 Å². The van der Waals surface area contributed by atoms with Gasteiger partial charge in [0.2, 0.25) is 5.91 Å². The largest absolute Gasteiger partial charge is 0.497 e. The number of piperidine rings is 1. The maximum absolute atomic E-state index is 12.2. The minimum atomic E-state index is -0.565. The molecule has 0 spiro atoms. The lowest BCUT2D eigenvalue weighted by molar-refractivity contribution is -0.384. The molecular weight excluding hydrogens is 400 g/mol. The Labute approximate surface area is 180 Å². The van der Waals surface area contributed by atoms with Gasteiger partial charge in [0, 0.05) is 43.4 Å². The summed E-state index contributed by atoms with van der Waals surface area (Å²) in [5, 5.41) is 16.3. The van der Waals surface area contributed by atoms with Crippen LogP contribution in [0, 0.1) is 10.1 Å². The molecule has 0 radical (unpaired) electrons. The number of nitro groups is 1. The highest BCUT2D eigenvalue weighted by Crippen LogP contribution is 2.17. The third kappa shape index (κ3) is 6.51. The van der Waals surface area contributed by atoms with Crippen molar-refractivity contribution in [2.75, 3.05) is 26.7 Å². The van der Waals surface area contributed by atoms with E-state index in [-0.39, 0.29) is 29.7 Å². The number of amides is 2. The van der Waals surface area contributed by atoms with E-state index in [2.05, 4.69) is 21.6 Å². The van der Waals surface area contributed by atoms with Crippen molar-refractivity contribution in [1.82, 2.24) is 15.5 Å². The Balaban J connectivity index is 1.40. The Morgan fingerprint density at radius 2 is 1.90 bits per heavy atom. The van der Waals surface area contributed by atoms with Gasteiger partial charge in [-0.1, -0.05) is 18.2 Å². The van der Waals surface area contributed by atoms with Gasteiger partial charge in [-0.2, -0.15) is 0 Å². The van der Waals surface area contributed by atoms with Crippen molar-refractivity contribution in [3.05, 3.63) is 69.8 Å². The summed E-state index contributed by atoms with van der Waals surface area (Å²) < 4.78 is 5.26. The molecule has 1 heterocycles. The molecule has 2 aromatic carbocycles. The topological polar surface area (TPSA) is 114 Å². The van der Waals surface area contributed by atoms with Crippen molar-refractivity contribution in [2.24, 2.45) is 0 Å². The minimum absolute atomic E-state index is 0.0591. The lowest BCUT2D eigenvalue weighted by Gasteiger charge is -2.32. The standard InChI is InChI=1S/C22H26N4O5/c1-31-20-7-2-4-16(12-20)15-25-10-8-18(9-11-25)24-21(27)14-23-22(28)17-5-3-6-19(13-17)26(29)30/h2-7,12-13,18H,8-11,14-15H2,1H3,(H,23,28)(H,24,27). The molecule has 0 aliphatic carbocycles. The highest BCUT2D eigenvalue weighted by Gasteiger charge is 2.21. The van der Waals surface area contributed by atoms with Crippen molar-refractivity contribution < 1.29 is 19.2 Å². The van der Waals surface area contributed by atoms with Crippen molar-refractivity contribution >= 4 is 17.5 Å². The van der Waals surface area contributed by atoms with E-state index in [0.29, 0.717) is 0 Å². The number of nitrogens with one attached hydrogen (secondary N) is 2. The number of non-ortho nitro benzene ring substituents is 1. The van der Waals surface area contributed by atoms with Gasteiger partial charge in [0.1, 0.15) is 5.75 Å². The fourth-order valence-corrected chi connectivity index (χ4v) is 3.57. The molecule has 0 bridgehead atoms. The van der Waals surface area contributed by atoms with Crippen LogP contribution in [-0.4, -0.2) is 54.4 Å². The predicted octanol–water partition coefficient (Wildman–Crippen LogP) is 2.11. The quantitative estimate of drug-likeness (QED) is 0.494. The third-order valence-electron chi connectivity index (χ3n) is 5.22. The van der Waals surface area contributed by atoms with E-state index in [0.717, 1.165) is 38.2 Å². The summed E-state index contributed by atoms with van der Waals surface area (Å²) in [5.41, 5.74) is 1.16. The summed E-state index contributed by atoms with van der Waals surface area (Å²) in [7, 11) is 1.65.